The van der Waals surface area contributed by atoms with E-state index in [4.69, 9.17) is 0 Å². The van der Waals surface area contributed by atoms with Crippen molar-refractivity contribution in [1.29, 1.82) is 0 Å². The van der Waals surface area contributed by atoms with E-state index in [1.54, 1.807) is 0 Å². The van der Waals surface area contributed by atoms with E-state index in [0.717, 1.165) is 12.5 Å². The second-order valence-electron chi connectivity index (χ2n) is 6.12. The Morgan fingerprint density at radius 3 is 2.33 bits per heavy atom. The molecule has 0 spiro atoms. The van der Waals surface area contributed by atoms with Crippen LogP contribution in [0.15, 0.2) is 18.2 Å². The highest BCUT2D eigenvalue weighted by Gasteiger charge is 2.33. The Morgan fingerprint density at radius 2 is 1.78 bits per heavy atom. The van der Waals surface area contributed by atoms with Crippen molar-refractivity contribution in [3.63, 3.8) is 0 Å². The summed E-state index contributed by atoms with van der Waals surface area (Å²) in [4.78, 5) is 2.61. The van der Waals surface area contributed by atoms with Gasteiger partial charge in [-0.1, -0.05) is 29.3 Å². The first kappa shape index (κ1) is 12.2. The van der Waals surface area contributed by atoms with Gasteiger partial charge >= 0.3 is 0 Å². The highest BCUT2D eigenvalue weighted by Crippen LogP contribution is 2.27. The minimum Gasteiger partial charge on any atom is -0.308 e. The molecule has 1 atom stereocenters. The molecule has 2 bridgehead atoms. The van der Waals surface area contributed by atoms with E-state index in [1.807, 2.05) is 0 Å². The van der Waals surface area contributed by atoms with Crippen LogP contribution in [0.3, 0.4) is 0 Å². The minimum absolute atomic E-state index is 0.716. The van der Waals surface area contributed by atoms with Gasteiger partial charge in [-0.25, -0.2) is 0 Å². The zero-order valence-electron chi connectivity index (χ0n) is 11.6. The van der Waals surface area contributed by atoms with Gasteiger partial charge < -0.3 is 10.2 Å². The number of piperidine rings is 3. The fourth-order valence-corrected chi connectivity index (χ4v) is 3.62. The lowest BCUT2D eigenvalue weighted by Crippen LogP contribution is -2.55. The quantitative estimate of drug-likeness (QED) is 0.879. The van der Waals surface area contributed by atoms with Gasteiger partial charge in [0.1, 0.15) is 0 Å². The number of nitrogens with zero attached hydrogens (tertiary/aromatic N) is 1. The molecule has 1 N–H and O–H groups in total. The van der Waals surface area contributed by atoms with Crippen LogP contribution in [-0.4, -0.2) is 30.6 Å². The number of hydrogen-bond donors (Lipinski definition) is 1. The Kier molecular flexibility index (Phi) is 3.40. The van der Waals surface area contributed by atoms with E-state index in [9.17, 15) is 0 Å². The number of fused-ring (bicyclic) bond motifs is 3. The third-order valence-electron chi connectivity index (χ3n) is 4.51. The highest BCUT2D eigenvalue weighted by molar-refractivity contribution is 5.28. The number of nitrogens with one attached hydrogen (secondary N) is 1. The minimum atomic E-state index is 0.716. The van der Waals surface area contributed by atoms with Crippen molar-refractivity contribution in [3.05, 3.63) is 34.9 Å². The third kappa shape index (κ3) is 2.60. The van der Waals surface area contributed by atoms with E-state index in [2.05, 4.69) is 42.3 Å². The number of rotatable bonds is 3. The molecule has 3 heterocycles. The van der Waals surface area contributed by atoms with Crippen molar-refractivity contribution in [1.82, 2.24) is 10.2 Å². The molecule has 18 heavy (non-hydrogen) atoms. The second kappa shape index (κ2) is 5.02. The molecule has 3 fully saturated rings. The standard InChI is InChI=1S/C16H24N2/c1-12-7-13(2)9-14(8-12)10-17-16-11-18-5-3-15(16)4-6-18/h7-9,15-17H,3-6,10-11H2,1-2H3. The van der Waals surface area contributed by atoms with Gasteiger partial charge in [0.15, 0.2) is 0 Å². The largest absolute Gasteiger partial charge is 0.308 e. The van der Waals surface area contributed by atoms with E-state index in [-0.39, 0.29) is 0 Å². The molecule has 2 heteroatoms. The Hall–Kier alpha value is -0.860. The smallest absolute Gasteiger partial charge is 0.0227 e. The maximum atomic E-state index is 3.78. The molecule has 4 rings (SSSR count). The topological polar surface area (TPSA) is 15.3 Å². The monoisotopic (exact) mass is 244 g/mol. The normalized spacial score (nSPS) is 30.7. The van der Waals surface area contributed by atoms with Gasteiger partial charge in [-0.3, -0.25) is 0 Å². The summed E-state index contributed by atoms with van der Waals surface area (Å²) in [6.45, 7) is 9.31. The van der Waals surface area contributed by atoms with Gasteiger partial charge in [0.25, 0.3) is 0 Å². The second-order valence-corrected chi connectivity index (χ2v) is 6.12. The fraction of sp³-hybridized carbons (Fsp3) is 0.625. The van der Waals surface area contributed by atoms with E-state index >= 15 is 0 Å². The average Bonchev–Trinajstić information content (AvgIpc) is 2.37. The Morgan fingerprint density at radius 1 is 1.11 bits per heavy atom. The van der Waals surface area contributed by atoms with Crippen LogP contribution in [0.4, 0.5) is 0 Å². The molecule has 0 amide bonds. The van der Waals surface area contributed by atoms with Gasteiger partial charge in [-0.15, -0.1) is 0 Å². The molecule has 1 aromatic rings. The molecule has 3 saturated heterocycles. The van der Waals surface area contributed by atoms with Crippen LogP contribution in [0.1, 0.15) is 29.5 Å². The van der Waals surface area contributed by atoms with Crippen LogP contribution >= 0.6 is 0 Å². The summed E-state index contributed by atoms with van der Waals surface area (Å²) in [5.74, 6) is 0.918. The summed E-state index contributed by atoms with van der Waals surface area (Å²) in [6, 6.07) is 7.58. The molecule has 3 aliphatic rings. The van der Waals surface area contributed by atoms with Crippen molar-refractivity contribution in [2.45, 2.75) is 39.3 Å². The van der Waals surface area contributed by atoms with Crippen molar-refractivity contribution in [2.24, 2.45) is 5.92 Å². The third-order valence-corrected chi connectivity index (χ3v) is 4.51. The summed E-state index contributed by atoms with van der Waals surface area (Å²) >= 11 is 0. The van der Waals surface area contributed by atoms with Crippen LogP contribution in [0.2, 0.25) is 0 Å². The van der Waals surface area contributed by atoms with Crippen LogP contribution in [0.25, 0.3) is 0 Å². The van der Waals surface area contributed by atoms with Crippen LogP contribution in [0, 0.1) is 19.8 Å². The molecule has 0 saturated carbocycles. The lowest BCUT2D eigenvalue weighted by Gasteiger charge is -2.45. The predicted molar refractivity (Wildman–Crippen MR) is 75.7 cm³/mol. The molecular formula is C16H24N2. The molecule has 0 radical (unpaired) electrons. The number of aryl methyl sites for hydroxylation is 2. The van der Waals surface area contributed by atoms with Gasteiger partial charge in [0.2, 0.25) is 0 Å². The first-order valence-electron chi connectivity index (χ1n) is 7.23. The van der Waals surface area contributed by atoms with Gasteiger partial charge in [-0.05, 0) is 51.3 Å². The van der Waals surface area contributed by atoms with Crippen LogP contribution in [-0.2, 0) is 6.54 Å². The molecule has 1 aromatic carbocycles. The zero-order valence-corrected chi connectivity index (χ0v) is 11.6. The van der Waals surface area contributed by atoms with Crippen LogP contribution in [0.5, 0.6) is 0 Å². The Labute approximate surface area is 110 Å². The zero-order chi connectivity index (χ0) is 12.5. The summed E-state index contributed by atoms with van der Waals surface area (Å²) < 4.78 is 0. The Bertz CT molecular complexity index is 399. The lowest BCUT2D eigenvalue weighted by molar-refractivity contribution is 0.0720. The first-order valence-corrected chi connectivity index (χ1v) is 7.23. The summed E-state index contributed by atoms with van der Waals surface area (Å²) in [7, 11) is 0. The highest BCUT2D eigenvalue weighted by atomic mass is 15.2. The molecule has 3 aliphatic heterocycles. The van der Waals surface area contributed by atoms with Crippen molar-refractivity contribution < 1.29 is 0 Å². The number of benzene rings is 1. The van der Waals surface area contributed by atoms with Crippen molar-refractivity contribution in [2.75, 3.05) is 19.6 Å². The molecule has 0 aliphatic carbocycles. The number of hydrogen-bond acceptors (Lipinski definition) is 2. The summed E-state index contributed by atoms with van der Waals surface area (Å²) in [5.41, 5.74) is 4.19. The molecule has 1 unspecified atom stereocenters. The maximum absolute atomic E-state index is 3.78. The van der Waals surface area contributed by atoms with E-state index in [0.29, 0.717) is 6.04 Å². The van der Waals surface area contributed by atoms with Crippen LogP contribution < -0.4 is 5.32 Å². The molecular weight excluding hydrogens is 220 g/mol. The SMILES string of the molecule is Cc1cc(C)cc(CNC2CN3CCC2CC3)c1. The first-order chi connectivity index (χ1) is 8.70. The average molecular weight is 244 g/mol. The maximum Gasteiger partial charge on any atom is 0.0227 e. The van der Waals surface area contributed by atoms with E-state index in [1.165, 1.54) is 49.2 Å². The van der Waals surface area contributed by atoms with Gasteiger partial charge in [0, 0.05) is 19.1 Å². The molecule has 98 valence electrons. The molecule has 0 aromatic heterocycles. The summed E-state index contributed by atoms with van der Waals surface area (Å²) in [5, 5.41) is 3.78. The van der Waals surface area contributed by atoms with Gasteiger partial charge in [-0.2, -0.15) is 0 Å². The molecule has 2 nitrogen and oxygen atoms in total. The lowest BCUT2D eigenvalue weighted by atomic mass is 9.84. The van der Waals surface area contributed by atoms with Gasteiger partial charge in [0.05, 0.1) is 0 Å². The van der Waals surface area contributed by atoms with Crippen molar-refractivity contribution >= 4 is 0 Å². The Balaban J connectivity index is 1.61. The summed E-state index contributed by atoms with van der Waals surface area (Å²) in [6.07, 6.45) is 2.79. The predicted octanol–water partition coefficient (Wildman–Crippen LogP) is 2.49. The van der Waals surface area contributed by atoms with E-state index < -0.39 is 0 Å². The fourth-order valence-electron chi connectivity index (χ4n) is 3.62. The van der Waals surface area contributed by atoms with Crippen molar-refractivity contribution in [3.8, 4) is 0 Å².